The average Bonchev–Trinajstić information content (AvgIpc) is 2.66. The number of carbonyl (C=O) groups is 1. The summed E-state index contributed by atoms with van der Waals surface area (Å²) in [5.41, 5.74) is 0.0618. The van der Waals surface area contributed by atoms with Gasteiger partial charge in [-0.25, -0.2) is 4.79 Å². The van der Waals surface area contributed by atoms with Gasteiger partial charge in [0, 0.05) is 12.0 Å². The molecule has 0 aliphatic carbocycles. The highest BCUT2D eigenvalue weighted by molar-refractivity contribution is 5.90. The number of allylic oxidation sites excluding steroid dienone is 3. The molecule has 0 aromatic carbocycles. The molecule has 1 aliphatic heterocycles. The van der Waals surface area contributed by atoms with Crippen LogP contribution in [0.4, 0.5) is 0 Å². The van der Waals surface area contributed by atoms with Crippen molar-refractivity contribution < 1.29 is 9.53 Å². The Bertz CT molecular complexity index is 361. The summed E-state index contributed by atoms with van der Waals surface area (Å²) in [4.78, 5) is 11.3. The Kier molecular flexibility index (Phi) is 7.35. The maximum atomic E-state index is 11.3. The highest BCUT2D eigenvalue weighted by Gasteiger charge is 2.36. The minimum atomic E-state index is -0.501. The summed E-state index contributed by atoms with van der Waals surface area (Å²) in [7, 11) is 0. The maximum absolute atomic E-state index is 11.3. The molecular weight excluding hydrogens is 248 g/mol. The minimum absolute atomic E-state index is 0.270. The largest absolute Gasteiger partial charge is 0.451 e. The molecule has 0 amide bonds. The third kappa shape index (κ3) is 6.23. The molecule has 112 valence electrons. The zero-order valence-electron chi connectivity index (χ0n) is 13.0. The van der Waals surface area contributed by atoms with Gasteiger partial charge in [0.15, 0.2) is 0 Å². The molecule has 20 heavy (non-hydrogen) atoms. The molecule has 0 saturated carbocycles. The molecule has 1 atom stereocenters. The second-order valence-corrected chi connectivity index (χ2v) is 5.83. The van der Waals surface area contributed by atoms with Gasteiger partial charge in [0.25, 0.3) is 0 Å². The number of hydrogen-bond acceptors (Lipinski definition) is 2. The van der Waals surface area contributed by atoms with Crippen molar-refractivity contribution in [3.63, 3.8) is 0 Å². The smallest absolute Gasteiger partial charge is 0.334 e. The summed E-state index contributed by atoms with van der Waals surface area (Å²) >= 11 is 0. The van der Waals surface area contributed by atoms with E-state index >= 15 is 0 Å². The van der Waals surface area contributed by atoms with E-state index in [-0.39, 0.29) is 5.97 Å². The van der Waals surface area contributed by atoms with E-state index in [1.807, 2.05) is 25.2 Å². The molecule has 0 spiro atoms. The van der Waals surface area contributed by atoms with Gasteiger partial charge in [-0.3, -0.25) is 0 Å². The van der Waals surface area contributed by atoms with Crippen molar-refractivity contribution in [3.8, 4) is 0 Å². The van der Waals surface area contributed by atoms with Gasteiger partial charge in [0.1, 0.15) is 5.60 Å². The van der Waals surface area contributed by atoms with Crippen molar-refractivity contribution in [2.75, 3.05) is 0 Å². The molecule has 0 radical (unpaired) electrons. The molecule has 2 heteroatoms. The number of ether oxygens (including phenoxy) is 1. The van der Waals surface area contributed by atoms with Gasteiger partial charge in [-0.2, -0.15) is 0 Å². The Balaban J connectivity index is 2.13. The molecule has 0 unspecified atom stereocenters. The van der Waals surface area contributed by atoms with E-state index in [1.54, 1.807) is 0 Å². The van der Waals surface area contributed by atoms with Crippen LogP contribution in [0.2, 0.25) is 0 Å². The molecular formula is C18H28O2. The van der Waals surface area contributed by atoms with E-state index in [1.165, 1.54) is 38.5 Å². The van der Waals surface area contributed by atoms with Crippen molar-refractivity contribution in [1.82, 2.24) is 0 Å². The lowest BCUT2D eigenvalue weighted by Crippen LogP contribution is -2.19. The Morgan fingerprint density at radius 3 is 2.55 bits per heavy atom. The van der Waals surface area contributed by atoms with Crippen molar-refractivity contribution in [1.29, 1.82) is 0 Å². The summed E-state index contributed by atoms with van der Waals surface area (Å²) in [5.74, 6) is -0.270. The van der Waals surface area contributed by atoms with Crippen LogP contribution in [0.1, 0.15) is 65.2 Å². The number of carbonyl (C=O) groups excluding carboxylic acids is 1. The van der Waals surface area contributed by atoms with E-state index in [9.17, 15) is 4.79 Å². The van der Waals surface area contributed by atoms with Crippen molar-refractivity contribution >= 4 is 5.97 Å². The van der Waals surface area contributed by atoms with Gasteiger partial charge >= 0.3 is 5.97 Å². The lowest BCUT2D eigenvalue weighted by atomic mass is 10.00. The van der Waals surface area contributed by atoms with Crippen molar-refractivity contribution in [2.24, 2.45) is 0 Å². The number of esters is 1. The second kappa shape index (κ2) is 8.78. The highest BCUT2D eigenvalue weighted by atomic mass is 16.6. The van der Waals surface area contributed by atoms with Crippen LogP contribution in [0.5, 0.6) is 0 Å². The zero-order valence-corrected chi connectivity index (χ0v) is 13.0. The zero-order chi connectivity index (χ0) is 14.8. The fourth-order valence-electron chi connectivity index (χ4n) is 2.39. The van der Waals surface area contributed by atoms with Crippen LogP contribution in [0, 0.1) is 0 Å². The molecule has 1 heterocycles. The van der Waals surface area contributed by atoms with Crippen LogP contribution in [0.25, 0.3) is 0 Å². The Hall–Kier alpha value is -1.31. The van der Waals surface area contributed by atoms with E-state index < -0.39 is 5.60 Å². The summed E-state index contributed by atoms with van der Waals surface area (Å²) in [6.45, 7) is 7.86. The molecule has 1 aliphatic rings. The van der Waals surface area contributed by atoms with E-state index in [4.69, 9.17) is 4.74 Å². The molecule has 1 rings (SSSR count). The van der Waals surface area contributed by atoms with E-state index in [0.29, 0.717) is 12.0 Å². The van der Waals surface area contributed by atoms with Gasteiger partial charge in [-0.1, -0.05) is 63.8 Å². The van der Waals surface area contributed by atoms with Gasteiger partial charge in [0.2, 0.25) is 0 Å². The summed E-state index contributed by atoms with van der Waals surface area (Å²) in [6, 6.07) is 0. The molecule has 0 bridgehead atoms. The Morgan fingerprint density at radius 2 is 1.90 bits per heavy atom. The van der Waals surface area contributed by atoms with Gasteiger partial charge < -0.3 is 4.74 Å². The lowest BCUT2D eigenvalue weighted by molar-refractivity contribution is -0.141. The molecule has 0 aromatic heterocycles. The fraction of sp³-hybridized carbons (Fsp3) is 0.611. The van der Waals surface area contributed by atoms with Gasteiger partial charge in [0.05, 0.1) is 0 Å². The molecule has 1 saturated heterocycles. The summed E-state index contributed by atoms with van der Waals surface area (Å²) in [5, 5.41) is 0. The predicted molar refractivity (Wildman–Crippen MR) is 84.5 cm³/mol. The third-order valence-electron chi connectivity index (χ3n) is 3.60. The quantitative estimate of drug-likeness (QED) is 0.253. The SMILES string of the molecule is C=C1C[C@](C)(/C=C/C=C/CCCCCCCC)OC1=O. The van der Waals surface area contributed by atoms with Crippen LogP contribution in [0.15, 0.2) is 36.5 Å². The highest BCUT2D eigenvalue weighted by Crippen LogP contribution is 2.30. The average molecular weight is 276 g/mol. The number of hydrogen-bond donors (Lipinski definition) is 0. The number of cyclic esters (lactones) is 1. The Labute approximate surface area is 123 Å². The second-order valence-electron chi connectivity index (χ2n) is 5.83. The third-order valence-corrected chi connectivity index (χ3v) is 3.60. The minimum Gasteiger partial charge on any atom is -0.451 e. The van der Waals surface area contributed by atoms with Gasteiger partial charge in [-0.15, -0.1) is 0 Å². The topological polar surface area (TPSA) is 26.3 Å². The molecule has 2 nitrogen and oxygen atoms in total. The molecule has 0 aromatic rings. The predicted octanol–water partition coefficient (Wildman–Crippen LogP) is 5.11. The monoisotopic (exact) mass is 276 g/mol. The first-order valence-corrected chi connectivity index (χ1v) is 7.83. The van der Waals surface area contributed by atoms with Crippen molar-refractivity contribution in [3.05, 3.63) is 36.5 Å². The first kappa shape index (κ1) is 16.7. The first-order chi connectivity index (χ1) is 9.57. The summed E-state index contributed by atoms with van der Waals surface area (Å²) < 4.78 is 5.28. The standard InChI is InChI=1S/C18H28O2/c1-4-5-6-7-8-9-10-11-12-13-14-18(3)15-16(2)17(19)20-18/h11-14H,2,4-10,15H2,1,3H3/b12-11+,14-13+/t18-/m0/s1. The van der Waals surface area contributed by atoms with Gasteiger partial charge in [-0.05, 0) is 25.8 Å². The fourth-order valence-corrected chi connectivity index (χ4v) is 2.39. The number of rotatable bonds is 9. The maximum Gasteiger partial charge on any atom is 0.334 e. The van der Waals surface area contributed by atoms with Crippen LogP contribution >= 0.6 is 0 Å². The summed E-state index contributed by atoms with van der Waals surface area (Å²) in [6.07, 6.45) is 17.8. The number of unbranched alkanes of at least 4 members (excludes halogenated alkanes) is 6. The molecule has 0 N–H and O–H groups in total. The van der Waals surface area contributed by atoms with Crippen molar-refractivity contribution in [2.45, 2.75) is 70.8 Å². The van der Waals surface area contributed by atoms with Crippen LogP contribution in [-0.4, -0.2) is 11.6 Å². The normalized spacial score (nSPS) is 23.1. The lowest BCUT2D eigenvalue weighted by Gasteiger charge is -2.16. The van der Waals surface area contributed by atoms with E-state index in [0.717, 1.165) is 6.42 Å². The van der Waals surface area contributed by atoms with Crippen LogP contribution in [0.3, 0.4) is 0 Å². The van der Waals surface area contributed by atoms with E-state index in [2.05, 4.69) is 19.6 Å². The molecule has 1 fully saturated rings. The van der Waals surface area contributed by atoms with Crippen LogP contribution < -0.4 is 0 Å². The first-order valence-electron chi connectivity index (χ1n) is 7.83. The Morgan fingerprint density at radius 1 is 1.20 bits per heavy atom. The van der Waals surface area contributed by atoms with Crippen LogP contribution in [-0.2, 0) is 9.53 Å².